The summed E-state index contributed by atoms with van der Waals surface area (Å²) in [6.07, 6.45) is 6.55. The molecule has 0 aliphatic heterocycles. The molecule has 0 radical (unpaired) electrons. The average Bonchev–Trinajstić information content (AvgIpc) is 3.03. The fraction of sp³-hybridized carbons (Fsp3) is 0.263. The maximum Gasteiger partial charge on any atom is 0.341 e. The van der Waals surface area contributed by atoms with Crippen LogP contribution in [0.3, 0.4) is 0 Å². The monoisotopic (exact) mass is 386 g/mol. The zero-order valence-electron chi connectivity index (χ0n) is 14.7. The van der Waals surface area contributed by atoms with E-state index in [9.17, 15) is 19.7 Å². The van der Waals surface area contributed by atoms with E-state index in [4.69, 9.17) is 4.74 Å². The van der Waals surface area contributed by atoms with Crippen molar-refractivity contribution < 1.29 is 19.2 Å². The van der Waals surface area contributed by atoms with Crippen molar-refractivity contribution in [1.29, 1.82) is 0 Å². The number of hydrogen-bond donors (Lipinski definition) is 1. The number of fused-ring (bicyclic) bond motifs is 1. The van der Waals surface area contributed by atoms with Crippen LogP contribution in [0.2, 0.25) is 0 Å². The van der Waals surface area contributed by atoms with Crippen LogP contribution in [0.1, 0.15) is 39.2 Å². The number of hydrogen-bond acceptors (Lipinski definition) is 6. The van der Waals surface area contributed by atoms with E-state index in [0.29, 0.717) is 16.1 Å². The fourth-order valence-corrected chi connectivity index (χ4v) is 4.32. The molecule has 1 N–H and O–H groups in total. The second-order valence-electron chi connectivity index (χ2n) is 6.08. The van der Waals surface area contributed by atoms with Gasteiger partial charge in [-0.2, -0.15) is 0 Å². The summed E-state index contributed by atoms with van der Waals surface area (Å²) in [5.41, 5.74) is 1.90. The van der Waals surface area contributed by atoms with Crippen LogP contribution < -0.4 is 5.32 Å². The SMILES string of the molecule is COC(=O)c1c(NC(=O)C=Cc2cccc([N+](=O)[O-])c2)sc2c1CCCC2. The first-order chi connectivity index (χ1) is 13.0. The Balaban J connectivity index is 1.80. The van der Waals surface area contributed by atoms with Crippen molar-refractivity contribution in [2.24, 2.45) is 0 Å². The van der Waals surface area contributed by atoms with Gasteiger partial charge in [0, 0.05) is 23.1 Å². The third-order valence-electron chi connectivity index (χ3n) is 4.31. The Morgan fingerprint density at radius 3 is 2.81 bits per heavy atom. The highest BCUT2D eigenvalue weighted by atomic mass is 32.1. The summed E-state index contributed by atoms with van der Waals surface area (Å²) in [7, 11) is 1.32. The first-order valence-electron chi connectivity index (χ1n) is 8.46. The molecule has 0 bridgehead atoms. The predicted octanol–water partition coefficient (Wildman–Crippen LogP) is 3.97. The van der Waals surface area contributed by atoms with E-state index >= 15 is 0 Å². The van der Waals surface area contributed by atoms with E-state index < -0.39 is 16.8 Å². The number of carbonyl (C=O) groups excluding carboxylic acids is 2. The number of amides is 1. The van der Waals surface area contributed by atoms with Crippen molar-refractivity contribution in [2.75, 3.05) is 12.4 Å². The normalized spacial score (nSPS) is 13.2. The van der Waals surface area contributed by atoms with Gasteiger partial charge < -0.3 is 10.1 Å². The molecule has 3 rings (SSSR count). The van der Waals surface area contributed by atoms with E-state index in [0.717, 1.165) is 36.1 Å². The Morgan fingerprint density at radius 1 is 1.30 bits per heavy atom. The number of methoxy groups -OCH3 is 1. The van der Waals surface area contributed by atoms with Crippen LogP contribution in [0.25, 0.3) is 6.08 Å². The Kier molecular flexibility index (Phi) is 5.66. The molecule has 0 unspecified atom stereocenters. The summed E-state index contributed by atoms with van der Waals surface area (Å²) in [5, 5.41) is 14.1. The van der Waals surface area contributed by atoms with Gasteiger partial charge in [-0.05, 0) is 42.9 Å². The van der Waals surface area contributed by atoms with Gasteiger partial charge in [0.05, 0.1) is 17.6 Å². The van der Waals surface area contributed by atoms with E-state index in [1.165, 1.54) is 42.7 Å². The highest BCUT2D eigenvalue weighted by Gasteiger charge is 2.26. The highest BCUT2D eigenvalue weighted by molar-refractivity contribution is 7.17. The lowest BCUT2D eigenvalue weighted by Crippen LogP contribution is -2.13. The second-order valence-corrected chi connectivity index (χ2v) is 7.19. The largest absolute Gasteiger partial charge is 0.465 e. The predicted molar refractivity (Wildman–Crippen MR) is 103 cm³/mol. The molecule has 1 aromatic heterocycles. The van der Waals surface area contributed by atoms with E-state index in [1.807, 2.05) is 0 Å². The second kappa shape index (κ2) is 8.13. The standard InChI is InChI=1S/C19H18N2O5S/c1-26-19(23)17-14-7-2-3-8-15(14)27-18(17)20-16(22)10-9-12-5-4-6-13(11-12)21(24)25/h4-6,9-11H,2-3,7-8H2,1H3,(H,20,22). The van der Waals surface area contributed by atoms with Crippen LogP contribution >= 0.6 is 11.3 Å². The van der Waals surface area contributed by atoms with Gasteiger partial charge in [0.15, 0.2) is 0 Å². The van der Waals surface area contributed by atoms with Crippen LogP contribution in [-0.4, -0.2) is 23.9 Å². The number of esters is 1. The lowest BCUT2D eigenvalue weighted by molar-refractivity contribution is -0.384. The fourth-order valence-electron chi connectivity index (χ4n) is 3.04. The average molecular weight is 386 g/mol. The molecule has 27 heavy (non-hydrogen) atoms. The molecule has 1 aliphatic carbocycles. The van der Waals surface area contributed by atoms with Crippen molar-refractivity contribution >= 4 is 40.0 Å². The van der Waals surface area contributed by atoms with E-state index in [2.05, 4.69) is 5.32 Å². The maximum atomic E-state index is 12.3. The van der Waals surface area contributed by atoms with E-state index in [-0.39, 0.29) is 5.69 Å². The topological polar surface area (TPSA) is 98.5 Å². The van der Waals surface area contributed by atoms with Gasteiger partial charge in [0.25, 0.3) is 5.69 Å². The summed E-state index contributed by atoms with van der Waals surface area (Å²) in [6, 6.07) is 5.99. The van der Waals surface area contributed by atoms with Crippen molar-refractivity contribution in [1.82, 2.24) is 0 Å². The number of anilines is 1. The molecule has 0 fully saturated rings. The molecule has 1 aliphatic rings. The van der Waals surface area contributed by atoms with Crippen LogP contribution in [0.15, 0.2) is 30.3 Å². The minimum Gasteiger partial charge on any atom is -0.465 e. The smallest absolute Gasteiger partial charge is 0.341 e. The molecule has 0 saturated carbocycles. The Labute approximate surface area is 159 Å². The number of nitro benzene ring substituents is 1. The summed E-state index contributed by atoms with van der Waals surface area (Å²) >= 11 is 1.41. The number of benzene rings is 1. The van der Waals surface area contributed by atoms with Crippen LogP contribution in [0.4, 0.5) is 10.7 Å². The van der Waals surface area contributed by atoms with Crippen molar-refractivity contribution in [2.45, 2.75) is 25.7 Å². The highest BCUT2D eigenvalue weighted by Crippen LogP contribution is 2.38. The number of non-ortho nitro benzene ring substituents is 1. The molecule has 1 amide bonds. The van der Waals surface area contributed by atoms with Gasteiger partial charge in [-0.1, -0.05) is 12.1 Å². The number of aryl methyl sites for hydroxylation is 1. The number of nitrogens with one attached hydrogen (secondary N) is 1. The molecule has 0 saturated heterocycles. The number of rotatable bonds is 5. The van der Waals surface area contributed by atoms with Gasteiger partial charge in [-0.3, -0.25) is 14.9 Å². The van der Waals surface area contributed by atoms with Crippen LogP contribution in [0, 0.1) is 10.1 Å². The summed E-state index contributed by atoms with van der Waals surface area (Å²) in [5.74, 6) is -0.863. The molecule has 8 heteroatoms. The summed E-state index contributed by atoms with van der Waals surface area (Å²) in [6.45, 7) is 0. The molecule has 0 atom stereocenters. The zero-order chi connectivity index (χ0) is 19.4. The number of nitro groups is 1. The number of ether oxygens (including phenoxy) is 1. The van der Waals surface area contributed by atoms with Crippen molar-refractivity contribution in [3.8, 4) is 0 Å². The number of carbonyl (C=O) groups is 2. The van der Waals surface area contributed by atoms with Gasteiger partial charge >= 0.3 is 5.97 Å². The first-order valence-corrected chi connectivity index (χ1v) is 9.27. The molecule has 0 spiro atoms. The lowest BCUT2D eigenvalue weighted by atomic mass is 9.95. The van der Waals surface area contributed by atoms with E-state index in [1.54, 1.807) is 12.1 Å². The first kappa shape index (κ1) is 18.8. The van der Waals surface area contributed by atoms with Gasteiger partial charge in [-0.15, -0.1) is 11.3 Å². The third-order valence-corrected chi connectivity index (χ3v) is 5.51. The quantitative estimate of drug-likeness (QED) is 0.363. The number of thiophene rings is 1. The molecular formula is C19H18N2O5S. The molecule has 140 valence electrons. The third kappa shape index (κ3) is 4.22. The molecule has 7 nitrogen and oxygen atoms in total. The Bertz CT molecular complexity index is 932. The van der Waals surface area contributed by atoms with Crippen LogP contribution in [-0.2, 0) is 22.4 Å². The molecule has 1 aromatic carbocycles. The minimum atomic E-state index is -0.490. The Hall–Kier alpha value is -3.00. The minimum absolute atomic E-state index is 0.0449. The van der Waals surface area contributed by atoms with Gasteiger partial charge in [-0.25, -0.2) is 4.79 Å². The maximum absolute atomic E-state index is 12.3. The van der Waals surface area contributed by atoms with Crippen molar-refractivity contribution in [3.05, 3.63) is 62.0 Å². The Morgan fingerprint density at radius 2 is 2.07 bits per heavy atom. The molecular weight excluding hydrogens is 368 g/mol. The van der Waals surface area contributed by atoms with Gasteiger partial charge in [0.1, 0.15) is 5.00 Å². The number of nitrogens with zero attached hydrogens (tertiary/aromatic N) is 1. The lowest BCUT2D eigenvalue weighted by Gasteiger charge is -2.11. The summed E-state index contributed by atoms with van der Waals surface area (Å²) < 4.78 is 4.88. The van der Waals surface area contributed by atoms with Crippen LogP contribution in [0.5, 0.6) is 0 Å². The molecule has 2 aromatic rings. The molecule has 1 heterocycles. The summed E-state index contributed by atoms with van der Waals surface area (Å²) in [4.78, 5) is 35.9. The zero-order valence-corrected chi connectivity index (χ0v) is 15.5. The van der Waals surface area contributed by atoms with Gasteiger partial charge in [0.2, 0.25) is 5.91 Å². The van der Waals surface area contributed by atoms with Crippen molar-refractivity contribution in [3.63, 3.8) is 0 Å².